The second-order valence-corrected chi connectivity index (χ2v) is 14.5. The van der Waals surface area contributed by atoms with E-state index >= 15 is 0 Å². The zero-order chi connectivity index (χ0) is 36.2. The van der Waals surface area contributed by atoms with Crippen LogP contribution in [-0.2, 0) is 23.9 Å². The lowest BCUT2D eigenvalue weighted by Gasteiger charge is -2.24. The average Bonchev–Trinajstić information content (AvgIpc) is 3.10. The first-order valence-corrected chi connectivity index (χ1v) is 21.4. The maximum atomic E-state index is 13.3. The molecule has 0 saturated carbocycles. The van der Waals surface area contributed by atoms with Crippen molar-refractivity contribution in [2.45, 2.75) is 202 Å². The first-order valence-electron chi connectivity index (χ1n) is 21.4. The van der Waals surface area contributed by atoms with E-state index < -0.39 is 0 Å². The van der Waals surface area contributed by atoms with Crippen molar-refractivity contribution in [1.29, 1.82) is 0 Å². The Bertz CT molecular complexity index is 711. The molecular weight excluding hydrogens is 612 g/mol. The number of hydrogen-bond donors (Lipinski definition) is 1. The Morgan fingerprint density at radius 2 is 0.837 bits per heavy atom. The molecule has 2 N–H and O–H groups in total. The Labute approximate surface area is 304 Å². The van der Waals surface area contributed by atoms with Crippen molar-refractivity contribution in [3.8, 4) is 0 Å². The quantitative estimate of drug-likeness (QED) is 0.0516. The predicted molar refractivity (Wildman–Crippen MR) is 206 cm³/mol. The van der Waals surface area contributed by atoms with Gasteiger partial charge in [-0.2, -0.15) is 0 Å². The summed E-state index contributed by atoms with van der Waals surface area (Å²) in [5, 5.41) is 2.20. The number of rotatable bonds is 37. The first-order chi connectivity index (χ1) is 23.9. The molecule has 0 bridgehead atoms. The Morgan fingerprint density at radius 3 is 1.20 bits per heavy atom. The summed E-state index contributed by atoms with van der Waals surface area (Å²) in [7, 11) is 0. The number of esters is 2. The fraction of sp³-hybridized carbons (Fsp3) is 0.929. The van der Waals surface area contributed by atoms with Crippen LogP contribution in [0.2, 0.25) is 0 Å². The molecule has 2 unspecified atom stereocenters. The van der Waals surface area contributed by atoms with Crippen molar-refractivity contribution < 1.29 is 29.2 Å². The molecule has 49 heavy (non-hydrogen) atoms. The van der Waals surface area contributed by atoms with Crippen molar-refractivity contribution >= 4 is 17.8 Å². The molecule has 0 fully saturated rings. The summed E-state index contributed by atoms with van der Waals surface area (Å²) in [6, 6.07) is 0. The molecule has 0 saturated heterocycles. The third-order valence-electron chi connectivity index (χ3n) is 9.94. The molecule has 0 aliphatic heterocycles. The molecule has 0 radical (unpaired) electrons. The van der Waals surface area contributed by atoms with Gasteiger partial charge in [0.25, 0.3) is 0 Å². The summed E-state index contributed by atoms with van der Waals surface area (Å²) in [5.74, 6) is -0.288. The van der Waals surface area contributed by atoms with Crippen LogP contribution < -0.4 is 5.32 Å². The highest BCUT2D eigenvalue weighted by Crippen LogP contribution is 2.22. The molecule has 2 atom stereocenters. The van der Waals surface area contributed by atoms with Crippen LogP contribution in [0.1, 0.15) is 202 Å². The summed E-state index contributed by atoms with van der Waals surface area (Å²) in [6.07, 6.45) is 28.6. The minimum absolute atomic E-state index is 0.0444. The van der Waals surface area contributed by atoms with Crippen LogP contribution in [0, 0.1) is 11.8 Å². The number of carbonyl (C=O) groups is 3. The maximum absolute atomic E-state index is 13.3. The number of quaternary nitrogens is 1. The number of carbonyl (C=O) groups excluding carboxylic acids is 3. The number of nitrogens with two attached hydrogens (primary N) is 1. The number of amides is 1. The monoisotopic (exact) mass is 696 g/mol. The number of unbranched alkanes of at least 4 members (excludes halogenated alkanes) is 16. The average molecular weight is 696 g/mol. The fourth-order valence-corrected chi connectivity index (χ4v) is 6.61. The molecule has 7 nitrogen and oxygen atoms in total. The van der Waals surface area contributed by atoms with E-state index in [1.165, 1.54) is 89.9 Å². The Hall–Kier alpha value is -1.63. The fourth-order valence-electron chi connectivity index (χ4n) is 6.61. The van der Waals surface area contributed by atoms with Crippen LogP contribution in [-0.4, -0.2) is 62.1 Å². The van der Waals surface area contributed by atoms with Gasteiger partial charge in [-0.3, -0.25) is 14.4 Å². The van der Waals surface area contributed by atoms with E-state index in [1.54, 1.807) is 4.90 Å². The van der Waals surface area contributed by atoms with Gasteiger partial charge in [-0.15, -0.1) is 0 Å². The van der Waals surface area contributed by atoms with Gasteiger partial charge < -0.3 is 19.7 Å². The summed E-state index contributed by atoms with van der Waals surface area (Å²) in [4.78, 5) is 41.5. The van der Waals surface area contributed by atoms with Gasteiger partial charge in [0.2, 0.25) is 5.91 Å². The molecule has 290 valence electrons. The highest BCUT2D eigenvalue weighted by Gasteiger charge is 2.23. The van der Waals surface area contributed by atoms with Crippen LogP contribution >= 0.6 is 0 Å². The Kier molecular flexibility index (Phi) is 35.0. The second kappa shape index (κ2) is 36.2. The molecule has 0 aromatic rings. The lowest BCUT2D eigenvalue weighted by Crippen LogP contribution is -2.83. The van der Waals surface area contributed by atoms with E-state index in [0.29, 0.717) is 19.5 Å². The molecule has 0 rings (SSSR count). The normalized spacial score (nSPS) is 12.5. The zero-order valence-electron chi connectivity index (χ0n) is 33.3. The molecule has 1 amide bonds. The number of nitrogens with zero attached hydrogens (tertiary/aromatic N) is 1. The van der Waals surface area contributed by atoms with Crippen molar-refractivity contribution in [1.82, 2.24) is 4.90 Å². The molecule has 0 aliphatic carbocycles. The van der Waals surface area contributed by atoms with E-state index in [-0.39, 0.29) is 42.9 Å². The molecule has 0 spiro atoms. The summed E-state index contributed by atoms with van der Waals surface area (Å²) < 4.78 is 11.7. The third kappa shape index (κ3) is 28.7. The van der Waals surface area contributed by atoms with Crippen molar-refractivity contribution in [3.63, 3.8) is 0 Å². The number of ether oxygens (including phenoxy) is 2. The van der Waals surface area contributed by atoms with Crippen LogP contribution in [0.5, 0.6) is 0 Å². The van der Waals surface area contributed by atoms with Gasteiger partial charge >= 0.3 is 11.9 Å². The SMILES string of the molecule is CCCCCCCCC(CCCCCC)C(=O)OCCN(CCOC(=O)C(CCCCCC)CCCCCCCC)C(=O)CCC[NH2+]CC. The molecule has 0 aromatic heterocycles. The Morgan fingerprint density at radius 1 is 0.490 bits per heavy atom. The number of hydrogen-bond acceptors (Lipinski definition) is 5. The topological polar surface area (TPSA) is 89.5 Å². The summed E-state index contributed by atoms with van der Waals surface area (Å²) in [5.41, 5.74) is 0. The highest BCUT2D eigenvalue weighted by atomic mass is 16.5. The van der Waals surface area contributed by atoms with Crippen LogP contribution in [0.15, 0.2) is 0 Å². The van der Waals surface area contributed by atoms with Crippen LogP contribution in [0.4, 0.5) is 0 Å². The maximum Gasteiger partial charge on any atom is 0.308 e. The largest absolute Gasteiger partial charge is 0.464 e. The van der Waals surface area contributed by atoms with Crippen LogP contribution in [0.3, 0.4) is 0 Å². The van der Waals surface area contributed by atoms with E-state index in [0.717, 1.165) is 83.7 Å². The molecule has 7 heteroatoms. The summed E-state index contributed by atoms with van der Waals surface area (Å²) >= 11 is 0. The highest BCUT2D eigenvalue weighted by molar-refractivity contribution is 5.76. The van der Waals surface area contributed by atoms with Gasteiger partial charge in [-0.1, -0.05) is 156 Å². The first kappa shape index (κ1) is 47.4. The lowest BCUT2D eigenvalue weighted by atomic mass is 9.94. The second-order valence-electron chi connectivity index (χ2n) is 14.5. The minimum atomic E-state index is -0.109. The van der Waals surface area contributed by atoms with E-state index in [4.69, 9.17) is 9.47 Å². The molecule has 0 heterocycles. The van der Waals surface area contributed by atoms with Crippen molar-refractivity contribution in [2.24, 2.45) is 11.8 Å². The Balaban J connectivity index is 5.14. The van der Waals surface area contributed by atoms with Crippen molar-refractivity contribution in [3.05, 3.63) is 0 Å². The van der Waals surface area contributed by atoms with Gasteiger partial charge in [-0.05, 0) is 32.6 Å². The van der Waals surface area contributed by atoms with Gasteiger partial charge in [0.05, 0.1) is 38.0 Å². The van der Waals surface area contributed by atoms with Gasteiger partial charge in [0.15, 0.2) is 0 Å². The third-order valence-corrected chi connectivity index (χ3v) is 9.94. The minimum Gasteiger partial charge on any atom is -0.464 e. The molecular formula is C42H83N2O5+. The molecule has 0 aliphatic rings. The summed E-state index contributed by atoms with van der Waals surface area (Å²) in [6.45, 7) is 14.0. The van der Waals surface area contributed by atoms with E-state index in [1.807, 2.05) is 0 Å². The van der Waals surface area contributed by atoms with E-state index in [9.17, 15) is 14.4 Å². The van der Waals surface area contributed by atoms with Crippen molar-refractivity contribution in [2.75, 3.05) is 39.4 Å². The lowest BCUT2D eigenvalue weighted by molar-refractivity contribution is -0.651. The van der Waals surface area contributed by atoms with Gasteiger partial charge in [0, 0.05) is 12.8 Å². The van der Waals surface area contributed by atoms with Gasteiger partial charge in [0.1, 0.15) is 13.2 Å². The van der Waals surface area contributed by atoms with Crippen LogP contribution in [0.25, 0.3) is 0 Å². The molecule has 0 aromatic carbocycles. The standard InChI is InChI=1S/C42H82N2O5/c1-6-11-15-19-21-25-30-38(28-23-17-13-8-3)41(46)48-36-34-44(40(45)32-27-33-43-10-5)35-37-49-42(47)39(29-24-18-14-9-4)31-26-22-20-16-12-7-2/h38-39,43H,6-37H2,1-5H3/p+1. The smallest absolute Gasteiger partial charge is 0.308 e. The zero-order valence-corrected chi connectivity index (χ0v) is 33.3. The predicted octanol–water partition coefficient (Wildman–Crippen LogP) is 9.94. The van der Waals surface area contributed by atoms with E-state index in [2.05, 4.69) is 39.9 Å². The van der Waals surface area contributed by atoms with Gasteiger partial charge in [-0.25, -0.2) is 0 Å².